The molecule has 4 rings (SSSR count). The van der Waals surface area contributed by atoms with Crippen LogP contribution in [-0.4, -0.2) is 66.2 Å². The fourth-order valence-electron chi connectivity index (χ4n) is 3.87. The number of rotatable bonds is 10. The second-order valence-electron chi connectivity index (χ2n) is 9.86. The Labute approximate surface area is 249 Å². The van der Waals surface area contributed by atoms with E-state index in [0.717, 1.165) is 33.5 Å². The van der Waals surface area contributed by atoms with Crippen LogP contribution in [-0.2, 0) is 35.3 Å². The summed E-state index contributed by atoms with van der Waals surface area (Å²) in [6.45, 7) is 3.97. The van der Waals surface area contributed by atoms with Gasteiger partial charge in [0, 0.05) is 5.56 Å². The molecule has 236 valence electrons. The van der Waals surface area contributed by atoms with Gasteiger partial charge in [-0.25, -0.2) is 22.6 Å². The predicted molar refractivity (Wildman–Crippen MR) is 144 cm³/mol. The Bertz CT molecular complexity index is 1640. The molecule has 18 heteroatoms. The topological polar surface area (TPSA) is 167 Å². The van der Waals surface area contributed by atoms with Crippen molar-refractivity contribution in [1.29, 1.82) is 0 Å². The van der Waals surface area contributed by atoms with Crippen molar-refractivity contribution in [2.75, 3.05) is 19.9 Å². The van der Waals surface area contributed by atoms with Crippen LogP contribution in [0.15, 0.2) is 64.8 Å². The number of alkyl halides is 3. The molecule has 1 amide bonds. The van der Waals surface area contributed by atoms with Crippen LogP contribution in [0.1, 0.15) is 25.1 Å². The van der Waals surface area contributed by atoms with Crippen molar-refractivity contribution in [2.45, 2.75) is 37.9 Å². The lowest BCUT2D eigenvalue weighted by Crippen LogP contribution is -2.56. The molecule has 2 aromatic carbocycles. The van der Waals surface area contributed by atoms with Crippen LogP contribution in [0.3, 0.4) is 0 Å². The third-order valence-corrected chi connectivity index (χ3v) is 7.50. The minimum atomic E-state index is -4.71. The third kappa shape index (κ3) is 7.74. The fourth-order valence-corrected chi connectivity index (χ4v) is 4.92. The first-order valence-corrected chi connectivity index (χ1v) is 14.4. The van der Waals surface area contributed by atoms with E-state index < -0.39 is 52.8 Å². The molecule has 0 saturated carbocycles. The van der Waals surface area contributed by atoms with Crippen molar-refractivity contribution >= 4 is 22.1 Å². The molecular weight excluding hydrogens is 613 g/mol. The molecule has 1 aliphatic heterocycles. The molecule has 0 radical (unpaired) electrons. The van der Waals surface area contributed by atoms with Gasteiger partial charge in [-0.15, -0.1) is 5.01 Å². The zero-order valence-electron chi connectivity index (χ0n) is 23.5. The molecule has 14 nitrogen and oxygen atoms in total. The van der Waals surface area contributed by atoms with Crippen molar-refractivity contribution in [3.05, 3.63) is 71.1 Å². The number of hydrogen-bond donors (Lipinski definition) is 1. The molecule has 0 atom stereocenters. The van der Waals surface area contributed by atoms with Crippen LogP contribution in [0.2, 0.25) is 0 Å². The van der Waals surface area contributed by atoms with Crippen molar-refractivity contribution < 1.29 is 50.5 Å². The largest absolute Gasteiger partial charge is 0.569 e. The number of aromatic nitrogens is 2. The van der Waals surface area contributed by atoms with E-state index in [1.54, 1.807) is 38.1 Å². The maximum Gasteiger partial charge on any atom is 0.511 e. The number of nitrogens with one attached hydrogen (secondary N) is 1. The van der Waals surface area contributed by atoms with Crippen molar-refractivity contribution in [1.82, 2.24) is 19.5 Å². The standard InChI is InChI=1S/C26H27F3N6O8S/c1-16(2)43-25(37)41-15-42-32-35(38)33-13-19(14-33)24(36)31-44(39,40)21-10-8-20(9-11-21)34-22(12-23(30-34)26(27,28)29)18-6-4-17(3)5-7-18/h4-12,16,19H,13-15H2,1-3H3,(H,31,36). The van der Waals surface area contributed by atoms with E-state index in [2.05, 4.69) is 20.0 Å². The number of ether oxygens (including phenoxy) is 2. The number of sulfonamides is 1. The van der Waals surface area contributed by atoms with E-state index in [1.165, 1.54) is 12.1 Å². The van der Waals surface area contributed by atoms with Crippen molar-refractivity contribution in [2.24, 2.45) is 11.2 Å². The maximum atomic E-state index is 13.5. The van der Waals surface area contributed by atoms with Crippen LogP contribution in [0.5, 0.6) is 0 Å². The van der Waals surface area contributed by atoms with Gasteiger partial charge in [0.2, 0.25) is 11.2 Å². The molecule has 1 aliphatic rings. The summed E-state index contributed by atoms with van der Waals surface area (Å²) in [5, 5.41) is 19.8. The van der Waals surface area contributed by atoms with E-state index in [1.807, 2.05) is 11.6 Å². The van der Waals surface area contributed by atoms with Gasteiger partial charge in [-0.3, -0.25) is 4.79 Å². The number of hydrogen-bond acceptors (Lipinski definition) is 10. The van der Waals surface area contributed by atoms with Gasteiger partial charge < -0.3 is 19.5 Å². The van der Waals surface area contributed by atoms with Crippen molar-refractivity contribution in [3.63, 3.8) is 0 Å². The summed E-state index contributed by atoms with van der Waals surface area (Å²) >= 11 is 0. The van der Waals surface area contributed by atoms with Gasteiger partial charge in [0.05, 0.1) is 46.4 Å². The van der Waals surface area contributed by atoms with Gasteiger partial charge in [-0.1, -0.05) is 29.8 Å². The van der Waals surface area contributed by atoms with E-state index in [4.69, 9.17) is 4.74 Å². The van der Waals surface area contributed by atoms with Crippen LogP contribution >= 0.6 is 0 Å². The van der Waals surface area contributed by atoms with E-state index in [0.29, 0.717) is 5.56 Å². The number of halogens is 3. The summed E-state index contributed by atoms with van der Waals surface area (Å²) in [5.74, 6) is -1.77. The molecule has 0 bridgehead atoms. The minimum absolute atomic E-state index is 0.0124. The van der Waals surface area contributed by atoms with Gasteiger partial charge in [0.1, 0.15) is 0 Å². The smallest absolute Gasteiger partial charge is 0.511 e. The van der Waals surface area contributed by atoms with E-state index in [-0.39, 0.29) is 34.3 Å². The highest BCUT2D eigenvalue weighted by Crippen LogP contribution is 2.33. The summed E-state index contributed by atoms with van der Waals surface area (Å²) in [7, 11) is -4.36. The summed E-state index contributed by atoms with van der Waals surface area (Å²) in [5.41, 5.74) is 0.542. The molecule has 1 fully saturated rings. The van der Waals surface area contributed by atoms with E-state index >= 15 is 0 Å². The molecule has 0 spiro atoms. The highest BCUT2D eigenvalue weighted by atomic mass is 32.2. The van der Waals surface area contributed by atoms with Crippen molar-refractivity contribution in [3.8, 4) is 16.9 Å². The van der Waals surface area contributed by atoms with Gasteiger partial charge in [0.25, 0.3) is 16.8 Å². The number of hydrazine groups is 1. The zero-order valence-corrected chi connectivity index (χ0v) is 24.3. The number of carbonyl (C=O) groups excluding carboxylic acids is 2. The lowest BCUT2D eigenvalue weighted by molar-refractivity contribution is -0.726. The first-order valence-electron chi connectivity index (χ1n) is 12.9. The average Bonchev–Trinajstić information content (AvgIpc) is 3.36. The molecule has 0 aliphatic carbocycles. The first kappa shape index (κ1) is 32.1. The maximum absolute atomic E-state index is 13.5. The third-order valence-electron chi connectivity index (χ3n) is 6.14. The lowest BCUT2D eigenvalue weighted by Gasteiger charge is -2.32. The van der Waals surface area contributed by atoms with Gasteiger partial charge >= 0.3 is 12.3 Å². The minimum Gasteiger partial charge on any atom is -0.569 e. The molecule has 44 heavy (non-hydrogen) atoms. The summed E-state index contributed by atoms with van der Waals surface area (Å²) in [6, 6.07) is 12.4. The summed E-state index contributed by atoms with van der Waals surface area (Å²) in [4.78, 5) is 28.0. The number of nitrogens with zero attached hydrogens (tertiary/aromatic N) is 5. The number of amides is 1. The number of benzene rings is 2. The van der Waals surface area contributed by atoms with Gasteiger partial charge in [-0.2, -0.15) is 18.3 Å². The Morgan fingerprint density at radius 1 is 1.14 bits per heavy atom. The Balaban J connectivity index is 1.37. The highest BCUT2D eigenvalue weighted by molar-refractivity contribution is 7.90. The quantitative estimate of drug-likeness (QED) is 0.0856. The summed E-state index contributed by atoms with van der Waals surface area (Å²) < 4.78 is 78.2. The molecule has 3 aromatic rings. The zero-order chi connectivity index (χ0) is 32.2. The average molecular weight is 641 g/mol. The molecule has 0 unspecified atom stereocenters. The first-order chi connectivity index (χ1) is 20.6. The van der Waals surface area contributed by atoms with Crippen LogP contribution in [0.4, 0.5) is 18.0 Å². The van der Waals surface area contributed by atoms with Gasteiger partial charge in [-0.05, 0) is 51.1 Å². The van der Waals surface area contributed by atoms with E-state index in [9.17, 15) is 36.4 Å². The molecule has 2 heterocycles. The Morgan fingerprint density at radius 3 is 2.36 bits per heavy atom. The monoisotopic (exact) mass is 640 g/mol. The van der Waals surface area contributed by atoms with Crippen LogP contribution in [0, 0.1) is 18.0 Å². The second-order valence-corrected chi connectivity index (χ2v) is 11.5. The van der Waals surface area contributed by atoms with Gasteiger partial charge in [0.15, 0.2) is 5.69 Å². The summed E-state index contributed by atoms with van der Waals surface area (Å²) in [6.07, 6.45) is -6.15. The van der Waals surface area contributed by atoms with Crippen LogP contribution in [0.25, 0.3) is 16.9 Å². The number of carbonyl (C=O) groups is 2. The molecule has 1 aromatic heterocycles. The highest BCUT2D eigenvalue weighted by Gasteiger charge is 2.40. The SMILES string of the molecule is Cc1ccc(-c2cc(C(F)(F)F)nn2-c2ccc(S(=O)(=O)NC(=O)C3CN([N+]([O-])=NOCOC(=O)OC(C)C)C3)cc2)cc1. The second kappa shape index (κ2) is 12.8. The molecular formula is C26H27F3N6O8S. The van der Waals surface area contributed by atoms with Crippen LogP contribution < -0.4 is 4.72 Å². The fraction of sp³-hybridized carbons (Fsp3) is 0.346. The number of aryl methyl sites for hydroxylation is 1. The Hall–Kier alpha value is -4.87. The Kier molecular flexibility index (Phi) is 9.31. The normalized spacial score (nSPS) is 14.2. The predicted octanol–water partition coefficient (Wildman–Crippen LogP) is 3.93. The molecule has 1 N–H and O–H groups in total. The molecule has 1 saturated heterocycles. The Morgan fingerprint density at radius 2 is 1.77 bits per heavy atom. The lowest BCUT2D eigenvalue weighted by atomic mass is 10.0.